The zero-order valence-corrected chi connectivity index (χ0v) is 13.3. The van der Waals surface area contributed by atoms with E-state index < -0.39 is 11.9 Å². The maximum absolute atomic E-state index is 12.2. The largest absolute Gasteiger partial charge is 0.465 e. The Bertz CT molecular complexity index is 566. The first-order valence-electron chi connectivity index (χ1n) is 7.60. The number of pyridine rings is 1. The molecule has 0 bridgehead atoms. The second-order valence-corrected chi connectivity index (χ2v) is 5.25. The molecule has 1 aromatic rings. The van der Waals surface area contributed by atoms with Gasteiger partial charge in [-0.15, -0.1) is 0 Å². The molecule has 1 saturated heterocycles. The number of nitrogens with zero attached hydrogens (tertiary/aromatic N) is 2. The molecule has 0 radical (unpaired) electrons. The Morgan fingerprint density at radius 1 is 1.18 bits per heavy atom. The molecular formula is C16H22N2O4. The SMILES string of the molecule is CCOC(=O)c1cc(C(=O)OC)c(C)nc1N1CCCCC1. The summed E-state index contributed by atoms with van der Waals surface area (Å²) in [6, 6.07) is 1.54. The van der Waals surface area contributed by atoms with Crippen LogP contribution in [0.1, 0.15) is 52.6 Å². The van der Waals surface area contributed by atoms with E-state index in [0.717, 1.165) is 25.9 Å². The lowest BCUT2D eigenvalue weighted by atomic mass is 10.1. The van der Waals surface area contributed by atoms with Crippen LogP contribution in [0.25, 0.3) is 0 Å². The van der Waals surface area contributed by atoms with Gasteiger partial charge in [0, 0.05) is 13.1 Å². The second kappa shape index (κ2) is 7.24. The highest BCUT2D eigenvalue weighted by Crippen LogP contribution is 2.25. The average Bonchev–Trinajstić information content (AvgIpc) is 2.54. The van der Waals surface area contributed by atoms with Gasteiger partial charge in [-0.3, -0.25) is 0 Å². The zero-order chi connectivity index (χ0) is 16.1. The van der Waals surface area contributed by atoms with E-state index in [1.165, 1.54) is 19.6 Å². The Labute approximate surface area is 130 Å². The van der Waals surface area contributed by atoms with E-state index in [1.807, 2.05) is 0 Å². The van der Waals surface area contributed by atoms with Gasteiger partial charge in [-0.1, -0.05) is 0 Å². The molecular weight excluding hydrogens is 284 g/mol. The number of ether oxygens (including phenoxy) is 2. The smallest absolute Gasteiger partial charge is 0.341 e. The summed E-state index contributed by atoms with van der Waals surface area (Å²) in [5.74, 6) is -0.357. The molecule has 0 aromatic carbocycles. The summed E-state index contributed by atoms with van der Waals surface area (Å²) < 4.78 is 9.86. The van der Waals surface area contributed by atoms with Crippen LogP contribution in [-0.4, -0.2) is 43.7 Å². The molecule has 2 heterocycles. The Morgan fingerprint density at radius 2 is 1.86 bits per heavy atom. The molecule has 6 nitrogen and oxygen atoms in total. The van der Waals surface area contributed by atoms with Gasteiger partial charge < -0.3 is 14.4 Å². The van der Waals surface area contributed by atoms with Gasteiger partial charge in [0.2, 0.25) is 0 Å². The predicted octanol–water partition coefficient (Wildman–Crippen LogP) is 2.34. The number of piperidine rings is 1. The highest BCUT2D eigenvalue weighted by atomic mass is 16.5. The number of aromatic nitrogens is 1. The number of aryl methyl sites for hydroxylation is 1. The molecule has 22 heavy (non-hydrogen) atoms. The molecule has 1 aliphatic rings. The second-order valence-electron chi connectivity index (χ2n) is 5.25. The van der Waals surface area contributed by atoms with Gasteiger partial charge in [0.15, 0.2) is 0 Å². The van der Waals surface area contributed by atoms with Gasteiger partial charge in [-0.05, 0) is 39.2 Å². The van der Waals surface area contributed by atoms with Crippen LogP contribution in [0.5, 0.6) is 0 Å². The third kappa shape index (κ3) is 3.37. The quantitative estimate of drug-likeness (QED) is 0.795. The van der Waals surface area contributed by atoms with E-state index in [4.69, 9.17) is 9.47 Å². The molecule has 1 aromatic heterocycles. The molecule has 1 aliphatic heterocycles. The molecule has 120 valence electrons. The van der Waals surface area contributed by atoms with Gasteiger partial charge in [0.25, 0.3) is 0 Å². The fraction of sp³-hybridized carbons (Fsp3) is 0.562. The van der Waals surface area contributed by atoms with Crippen molar-refractivity contribution in [2.24, 2.45) is 0 Å². The molecule has 0 spiro atoms. The van der Waals surface area contributed by atoms with Crippen molar-refractivity contribution in [3.05, 3.63) is 22.9 Å². The van der Waals surface area contributed by atoms with Crippen LogP contribution in [0.15, 0.2) is 6.07 Å². The molecule has 0 saturated carbocycles. The molecule has 0 atom stereocenters. The minimum atomic E-state index is -0.499. The minimum Gasteiger partial charge on any atom is -0.465 e. The highest BCUT2D eigenvalue weighted by molar-refractivity contribution is 5.99. The zero-order valence-electron chi connectivity index (χ0n) is 13.3. The fourth-order valence-corrected chi connectivity index (χ4v) is 2.62. The molecule has 0 N–H and O–H groups in total. The fourth-order valence-electron chi connectivity index (χ4n) is 2.62. The van der Waals surface area contributed by atoms with Crippen LogP contribution < -0.4 is 4.90 Å². The Balaban J connectivity index is 2.47. The van der Waals surface area contributed by atoms with Crippen molar-refractivity contribution in [2.45, 2.75) is 33.1 Å². The van der Waals surface area contributed by atoms with Gasteiger partial charge in [-0.2, -0.15) is 0 Å². The third-order valence-electron chi connectivity index (χ3n) is 3.75. The molecule has 2 rings (SSSR count). The first-order chi connectivity index (χ1) is 10.6. The number of methoxy groups -OCH3 is 1. The molecule has 1 fully saturated rings. The third-order valence-corrected chi connectivity index (χ3v) is 3.75. The highest BCUT2D eigenvalue weighted by Gasteiger charge is 2.24. The van der Waals surface area contributed by atoms with E-state index in [9.17, 15) is 9.59 Å². The normalized spacial score (nSPS) is 14.6. The van der Waals surface area contributed by atoms with Gasteiger partial charge in [0.05, 0.1) is 25.0 Å². The van der Waals surface area contributed by atoms with Crippen molar-refractivity contribution in [1.82, 2.24) is 4.98 Å². The average molecular weight is 306 g/mol. The predicted molar refractivity (Wildman–Crippen MR) is 82.3 cm³/mol. The van der Waals surface area contributed by atoms with Gasteiger partial charge in [0.1, 0.15) is 11.4 Å². The first-order valence-corrected chi connectivity index (χ1v) is 7.60. The first kappa shape index (κ1) is 16.3. The van der Waals surface area contributed by atoms with Crippen LogP contribution in [0.3, 0.4) is 0 Å². The van der Waals surface area contributed by atoms with Crippen molar-refractivity contribution in [3.63, 3.8) is 0 Å². The maximum atomic E-state index is 12.2. The van der Waals surface area contributed by atoms with E-state index in [0.29, 0.717) is 22.6 Å². The van der Waals surface area contributed by atoms with Crippen molar-refractivity contribution in [1.29, 1.82) is 0 Å². The van der Waals surface area contributed by atoms with E-state index >= 15 is 0 Å². The number of hydrogen-bond acceptors (Lipinski definition) is 6. The number of carbonyl (C=O) groups excluding carboxylic acids is 2. The monoisotopic (exact) mass is 306 g/mol. The molecule has 0 amide bonds. The van der Waals surface area contributed by atoms with Crippen molar-refractivity contribution in [2.75, 3.05) is 31.7 Å². The van der Waals surface area contributed by atoms with Crippen molar-refractivity contribution < 1.29 is 19.1 Å². The van der Waals surface area contributed by atoms with Crippen LogP contribution in [0, 0.1) is 6.92 Å². The lowest BCUT2D eigenvalue weighted by Crippen LogP contribution is -2.32. The van der Waals surface area contributed by atoms with E-state index in [2.05, 4.69) is 9.88 Å². The summed E-state index contributed by atoms with van der Waals surface area (Å²) in [6.45, 7) is 5.49. The summed E-state index contributed by atoms with van der Waals surface area (Å²) >= 11 is 0. The lowest BCUT2D eigenvalue weighted by Gasteiger charge is -2.29. The molecule has 0 unspecified atom stereocenters. The summed E-state index contributed by atoms with van der Waals surface area (Å²) in [7, 11) is 1.31. The Kier molecular flexibility index (Phi) is 5.35. The van der Waals surface area contributed by atoms with Crippen LogP contribution in [0.2, 0.25) is 0 Å². The molecule has 0 aliphatic carbocycles. The Hall–Kier alpha value is -2.11. The Morgan fingerprint density at radius 3 is 2.45 bits per heavy atom. The number of esters is 2. The molecule has 6 heteroatoms. The summed E-state index contributed by atoms with van der Waals surface area (Å²) in [5, 5.41) is 0. The summed E-state index contributed by atoms with van der Waals surface area (Å²) in [6.07, 6.45) is 3.33. The van der Waals surface area contributed by atoms with Crippen LogP contribution >= 0.6 is 0 Å². The number of anilines is 1. The van der Waals surface area contributed by atoms with E-state index in [1.54, 1.807) is 13.8 Å². The number of rotatable bonds is 4. The minimum absolute atomic E-state index is 0.277. The van der Waals surface area contributed by atoms with Gasteiger partial charge >= 0.3 is 11.9 Å². The number of carbonyl (C=O) groups is 2. The topological polar surface area (TPSA) is 68.7 Å². The maximum Gasteiger partial charge on any atom is 0.341 e. The van der Waals surface area contributed by atoms with E-state index in [-0.39, 0.29) is 6.61 Å². The number of hydrogen-bond donors (Lipinski definition) is 0. The standard InChI is InChI=1S/C16H22N2O4/c1-4-22-16(20)13-10-12(15(19)21-3)11(2)17-14(13)18-8-6-5-7-9-18/h10H,4-9H2,1-3H3. The lowest BCUT2D eigenvalue weighted by molar-refractivity contribution is 0.0526. The van der Waals surface area contributed by atoms with Crippen LogP contribution in [0.4, 0.5) is 5.82 Å². The van der Waals surface area contributed by atoms with Crippen molar-refractivity contribution in [3.8, 4) is 0 Å². The van der Waals surface area contributed by atoms with Crippen molar-refractivity contribution >= 4 is 17.8 Å². The van der Waals surface area contributed by atoms with Crippen LogP contribution in [-0.2, 0) is 9.47 Å². The summed E-state index contributed by atoms with van der Waals surface area (Å²) in [5.41, 5.74) is 1.18. The summed E-state index contributed by atoms with van der Waals surface area (Å²) in [4.78, 5) is 30.6. The van der Waals surface area contributed by atoms with Gasteiger partial charge in [-0.25, -0.2) is 14.6 Å².